The zero-order valence-electron chi connectivity index (χ0n) is 19.9. The molecule has 2 heterocycles. The van der Waals surface area contributed by atoms with Crippen LogP contribution in [0.25, 0.3) is 0 Å². The lowest BCUT2D eigenvalue weighted by molar-refractivity contribution is -0.117. The average Bonchev–Trinajstić information content (AvgIpc) is 3.21. The highest BCUT2D eigenvalue weighted by Gasteiger charge is 2.40. The van der Waals surface area contributed by atoms with Crippen molar-refractivity contribution in [1.29, 1.82) is 0 Å². The summed E-state index contributed by atoms with van der Waals surface area (Å²) in [5.41, 5.74) is 7.62. The van der Waals surface area contributed by atoms with Gasteiger partial charge in [-0.3, -0.25) is 4.79 Å². The molecule has 4 rings (SSSR count). The minimum atomic E-state index is -2.91. The van der Waals surface area contributed by atoms with E-state index in [1.807, 2.05) is 36.1 Å². The van der Waals surface area contributed by atoms with Crippen LogP contribution >= 0.6 is 0 Å². The fourth-order valence-electron chi connectivity index (χ4n) is 4.77. The topological polar surface area (TPSA) is 72.1 Å². The monoisotopic (exact) mass is 482 g/mol. The van der Waals surface area contributed by atoms with Crippen LogP contribution in [-0.4, -0.2) is 22.4 Å². The molecular formula is C27H29F3N4O. The number of nitrogens with two attached hydrogens (primary N) is 1. The van der Waals surface area contributed by atoms with Gasteiger partial charge in [0.15, 0.2) is 11.6 Å². The third-order valence-corrected chi connectivity index (χ3v) is 6.81. The van der Waals surface area contributed by atoms with Gasteiger partial charge in [-0.15, -0.1) is 0 Å². The number of aryl methyl sites for hydroxylation is 2. The van der Waals surface area contributed by atoms with Crippen molar-refractivity contribution in [3.8, 4) is 0 Å². The van der Waals surface area contributed by atoms with Gasteiger partial charge < -0.3 is 10.6 Å². The standard InChI is InChI=1S/C27H29F3N4O/c1-26(20-9-11-21(12-10-20)27(2,29)30)14-3-15-34(26)25-24(28)22(32-17-33-25)13-8-18-4-6-19(7-5-18)16-23(31)35/h4-7,9-12,17H,3,8,13-16H2,1-2H3,(H2,31,35). The number of primary amides is 1. The molecule has 0 saturated carbocycles. The molecule has 1 aliphatic rings. The molecular weight excluding hydrogens is 453 g/mol. The normalized spacial score (nSPS) is 18.1. The minimum Gasteiger partial charge on any atom is -0.369 e. The minimum absolute atomic E-state index is 0.0486. The van der Waals surface area contributed by atoms with Crippen molar-refractivity contribution in [2.75, 3.05) is 11.4 Å². The molecule has 0 radical (unpaired) electrons. The van der Waals surface area contributed by atoms with Crippen molar-refractivity contribution < 1.29 is 18.0 Å². The summed E-state index contributed by atoms with van der Waals surface area (Å²) in [5.74, 6) is -3.52. The van der Waals surface area contributed by atoms with Crippen molar-refractivity contribution >= 4 is 11.7 Å². The molecule has 2 N–H and O–H groups in total. The summed E-state index contributed by atoms with van der Waals surface area (Å²) in [5, 5.41) is 0. The van der Waals surface area contributed by atoms with Crippen LogP contribution < -0.4 is 10.6 Å². The zero-order chi connectivity index (χ0) is 25.2. The smallest absolute Gasteiger partial charge is 0.270 e. The molecule has 0 bridgehead atoms. The van der Waals surface area contributed by atoms with E-state index in [0.717, 1.165) is 36.5 Å². The molecule has 1 atom stereocenters. The second kappa shape index (κ2) is 9.68. The SMILES string of the molecule is CC(F)(F)c1ccc(C2(C)CCCN2c2ncnc(CCc3ccc(CC(N)=O)cc3)c2F)cc1. The first-order valence-corrected chi connectivity index (χ1v) is 11.7. The first kappa shape index (κ1) is 24.7. The van der Waals surface area contributed by atoms with Crippen LogP contribution in [0.3, 0.4) is 0 Å². The number of carbonyl (C=O) groups is 1. The number of hydrogen-bond acceptors (Lipinski definition) is 4. The van der Waals surface area contributed by atoms with Gasteiger partial charge in [0.2, 0.25) is 5.91 Å². The average molecular weight is 483 g/mol. The molecule has 1 aromatic heterocycles. The van der Waals surface area contributed by atoms with E-state index in [1.165, 1.54) is 18.5 Å². The predicted octanol–water partition coefficient (Wildman–Crippen LogP) is 5.06. The molecule has 35 heavy (non-hydrogen) atoms. The van der Waals surface area contributed by atoms with E-state index in [1.54, 1.807) is 12.1 Å². The number of carbonyl (C=O) groups excluding carboxylic acids is 1. The van der Waals surface area contributed by atoms with E-state index < -0.39 is 17.3 Å². The number of amides is 1. The highest BCUT2D eigenvalue weighted by molar-refractivity contribution is 5.76. The number of rotatable bonds is 8. The Morgan fingerprint density at radius 2 is 1.71 bits per heavy atom. The number of halogens is 3. The lowest BCUT2D eigenvalue weighted by Gasteiger charge is -2.37. The fourth-order valence-corrected chi connectivity index (χ4v) is 4.77. The summed E-state index contributed by atoms with van der Waals surface area (Å²) < 4.78 is 42.9. The number of benzene rings is 2. The van der Waals surface area contributed by atoms with Crippen molar-refractivity contribution in [2.45, 2.75) is 57.4 Å². The van der Waals surface area contributed by atoms with Crippen LogP contribution in [0.4, 0.5) is 19.0 Å². The first-order valence-electron chi connectivity index (χ1n) is 11.7. The van der Waals surface area contributed by atoms with Gasteiger partial charge in [0.1, 0.15) is 6.33 Å². The summed E-state index contributed by atoms with van der Waals surface area (Å²) >= 11 is 0. The summed E-state index contributed by atoms with van der Waals surface area (Å²) in [6, 6.07) is 13.8. The Kier molecular flexibility index (Phi) is 6.83. The highest BCUT2D eigenvalue weighted by atomic mass is 19.3. The van der Waals surface area contributed by atoms with E-state index >= 15 is 4.39 Å². The van der Waals surface area contributed by atoms with Crippen molar-refractivity contribution in [3.63, 3.8) is 0 Å². The molecule has 1 aliphatic heterocycles. The lowest BCUT2D eigenvalue weighted by atomic mass is 9.88. The van der Waals surface area contributed by atoms with E-state index in [4.69, 9.17) is 5.73 Å². The van der Waals surface area contributed by atoms with E-state index in [0.29, 0.717) is 25.1 Å². The van der Waals surface area contributed by atoms with Crippen LogP contribution in [0.2, 0.25) is 0 Å². The molecule has 1 saturated heterocycles. The number of anilines is 1. The summed E-state index contributed by atoms with van der Waals surface area (Å²) in [6.07, 6.45) is 4.12. The number of alkyl halides is 2. The number of hydrogen-bond donors (Lipinski definition) is 1. The largest absolute Gasteiger partial charge is 0.369 e. The first-order chi connectivity index (χ1) is 16.6. The molecule has 1 fully saturated rings. The maximum absolute atomic E-state index is 15.6. The number of aromatic nitrogens is 2. The molecule has 8 heteroatoms. The van der Waals surface area contributed by atoms with E-state index in [-0.39, 0.29) is 23.7 Å². The predicted molar refractivity (Wildman–Crippen MR) is 129 cm³/mol. The second-order valence-electron chi connectivity index (χ2n) is 9.41. The van der Waals surface area contributed by atoms with E-state index in [2.05, 4.69) is 9.97 Å². The molecule has 0 spiro atoms. The van der Waals surface area contributed by atoms with Gasteiger partial charge in [0.05, 0.1) is 17.7 Å². The molecule has 2 aromatic carbocycles. The van der Waals surface area contributed by atoms with Gasteiger partial charge in [-0.05, 0) is 49.3 Å². The van der Waals surface area contributed by atoms with Gasteiger partial charge in [-0.25, -0.2) is 23.1 Å². The third kappa shape index (κ3) is 5.31. The Balaban J connectivity index is 1.53. The molecule has 1 amide bonds. The fraction of sp³-hybridized carbons (Fsp3) is 0.370. The van der Waals surface area contributed by atoms with Crippen LogP contribution in [0, 0.1) is 5.82 Å². The maximum atomic E-state index is 15.6. The van der Waals surface area contributed by atoms with Crippen LogP contribution in [0.1, 0.15) is 54.6 Å². The summed E-state index contributed by atoms with van der Waals surface area (Å²) in [4.78, 5) is 21.4. The quantitative estimate of drug-likeness (QED) is 0.487. The van der Waals surface area contributed by atoms with Gasteiger partial charge in [0, 0.05) is 19.0 Å². The van der Waals surface area contributed by atoms with Crippen LogP contribution in [0.15, 0.2) is 54.9 Å². The van der Waals surface area contributed by atoms with Crippen LogP contribution in [-0.2, 0) is 35.5 Å². The van der Waals surface area contributed by atoms with Crippen LogP contribution in [0.5, 0.6) is 0 Å². The van der Waals surface area contributed by atoms with Gasteiger partial charge in [-0.1, -0.05) is 48.5 Å². The molecule has 0 aliphatic carbocycles. The Labute approximate surface area is 203 Å². The highest BCUT2D eigenvalue weighted by Crippen LogP contribution is 2.42. The van der Waals surface area contributed by atoms with Crippen molar-refractivity contribution in [2.24, 2.45) is 5.73 Å². The van der Waals surface area contributed by atoms with Gasteiger partial charge in [0.25, 0.3) is 5.92 Å². The van der Waals surface area contributed by atoms with Gasteiger partial charge in [-0.2, -0.15) is 0 Å². The summed E-state index contributed by atoms with van der Waals surface area (Å²) in [7, 11) is 0. The summed E-state index contributed by atoms with van der Waals surface area (Å²) in [6.45, 7) is 3.48. The Morgan fingerprint density at radius 1 is 1.06 bits per heavy atom. The number of nitrogens with zero attached hydrogens (tertiary/aromatic N) is 3. The van der Waals surface area contributed by atoms with Crippen molar-refractivity contribution in [3.05, 3.63) is 88.6 Å². The Morgan fingerprint density at radius 3 is 2.34 bits per heavy atom. The maximum Gasteiger partial charge on any atom is 0.270 e. The Hall–Kier alpha value is -3.42. The second-order valence-corrected chi connectivity index (χ2v) is 9.41. The molecule has 184 valence electrons. The molecule has 5 nitrogen and oxygen atoms in total. The Bertz CT molecular complexity index is 1190. The third-order valence-electron chi connectivity index (χ3n) is 6.81. The lowest BCUT2D eigenvalue weighted by Crippen LogP contribution is -2.40. The van der Waals surface area contributed by atoms with Crippen molar-refractivity contribution in [1.82, 2.24) is 9.97 Å². The zero-order valence-corrected chi connectivity index (χ0v) is 19.9. The van der Waals surface area contributed by atoms with Gasteiger partial charge >= 0.3 is 0 Å². The molecule has 1 unspecified atom stereocenters. The molecule has 3 aromatic rings. The van der Waals surface area contributed by atoms with E-state index in [9.17, 15) is 13.6 Å².